The summed E-state index contributed by atoms with van der Waals surface area (Å²) < 4.78 is 0. The Morgan fingerprint density at radius 1 is 1.30 bits per heavy atom. The molecule has 108 valence electrons. The van der Waals surface area contributed by atoms with Crippen LogP contribution in [0, 0.1) is 5.92 Å². The van der Waals surface area contributed by atoms with Crippen LogP contribution in [0.3, 0.4) is 0 Å². The van der Waals surface area contributed by atoms with Crippen LogP contribution in [0.4, 0.5) is 5.82 Å². The lowest BCUT2D eigenvalue weighted by Gasteiger charge is -2.17. The molecule has 1 amide bonds. The van der Waals surface area contributed by atoms with Crippen LogP contribution in [-0.2, 0) is 10.2 Å². The van der Waals surface area contributed by atoms with E-state index in [1.165, 1.54) is 5.01 Å². The quantitative estimate of drug-likeness (QED) is 0.851. The van der Waals surface area contributed by atoms with Gasteiger partial charge in [0.2, 0.25) is 0 Å². The molecule has 1 atom stereocenters. The molecule has 0 N–H and O–H groups in total. The van der Waals surface area contributed by atoms with Crippen molar-refractivity contribution in [2.24, 2.45) is 11.0 Å². The van der Waals surface area contributed by atoms with Gasteiger partial charge < -0.3 is 0 Å². The zero-order chi connectivity index (χ0) is 14.9. The van der Waals surface area contributed by atoms with Crippen LogP contribution in [0.2, 0.25) is 0 Å². The van der Waals surface area contributed by atoms with Crippen molar-refractivity contribution in [2.75, 3.05) is 5.01 Å². The number of hydrazone groups is 1. The number of anilines is 1. The molecule has 0 radical (unpaired) electrons. The molecular weight excluding hydrogens is 252 g/mol. The predicted molar refractivity (Wildman–Crippen MR) is 79.7 cm³/mol. The molecular formula is C15H22N4O. The third-order valence-corrected chi connectivity index (χ3v) is 3.61. The van der Waals surface area contributed by atoms with Gasteiger partial charge in [0, 0.05) is 5.41 Å². The van der Waals surface area contributed by atoms with Gasteiger partial charge in [0.1, 0.15) is 0 Å². The Hall–Kier alpha value is -1.78. The van der Waals surface area contributed by atoms with Crippen molar-refractivity contribution in [2.45, 2.75) is 52.9 Å². The average molecular weight is 274 g/mol. The van der Waals surface area contributed by atoms with Gasteiger partial charge in [0.25, 0.3) is 5.91 Å². The topological polar surface area (TPSA) is 58.5 Å². The first-order valence-electron chi connectivity index (χ1n) is 7.07. The van der Waals surface area contributed by atoms with Crippen molar-refractivity contribution >= 4 is 17.4 Å². The van der Waals surface area contributed by atoms with Crippen LogP contribution in [0.1, 0.15) is 53.2 Å². The predicted octanol–water partition coefficient (Wildman–Crippen LogP) is 2.91. The molecule has 1 unspecified atom stereocenters. The molecule has 0 saturated heterocycles. The molecule has 1 aromatic rings. The molecule has 2 rings (SSSR count). The molecule has 0 saturated carbocycles. The molecule has 0 bridgehead atoms. The Balaban J connectivity index is 2.24. The highest BCUT2D eigenvalue weighted by Crippen LogP contribution is 2.24. The molecule has 20 heavy (non-hydrogen) atoms. The molecule has 0 spiro atoms. The minimum atomic E-state index is -0.0499. The number of amides is 1. The van der Waals surface area contributed by atoms with Gasteiger partial charge in [-0.2, -0.15) is 15.2 Å². The molecule has 0 fully saturated rings. The van der Waals surface area contributed by atoms with Crippen molar-refractivity contribution in [1.82, 2.24) is 10.2 Å². The fourth-order valence-electron chi connectivity index (χ4n) is 1.97. The van der Waals surface area contributed by atoms with E-state index >= 15 is 0 Å². The van der Waals surface area contributed by atoms with Crippen molar-refractivity contribution in [3.8, 4) is 0 Å². The van der Waals surface area contributed by atoms with E-state index in [-0.39, 0.29) is 11.3 Å². The Morgan fingerprint density at radius 2 is 2.00 bits per heavy atom. The van der Waals surface area contributed by atoms with Gasteiger partial charge in [-0.15, -0.1) is 5.10 Å². The summed E-state index contributed by atoms with van der Waals surface area (Å²) in [4.78, 5) is 12.0. The van der Waals surface area contributed by atoms with Gasteiger partial charge in [-0.3, -0.25) is 4.79 Å². The maximum atomic E-state index is 12.0. The van der Waals surface area contributed by atoms with E-state index in [2.05, 4.69) is 49.9 Å². The van der Waals surface area contributed by atoms with Crippen LogP contribution >= 0.6 is 0 Å². The standard InChI is InChI=1S/C15H22N4O/c1-6-10(2)11-9-14(20)19(18-11)13-8-7-12(16-17-13)15(3,4)5/h7-8,10H,6,9H2,1-5H3. The van der Waals surface area contributed by atoms with Crippen LogP contribution < -0.4 is 5.01 Å². The summed E-state index contributed by atoms with van der Waals surface area (Å²) in [5.41, 5.74) is 1.78. The number of aromatic nitrogens is 2. The first kappa shape index (κ1) is 14.6. The van der Waals surface area contributed by atoms with E-state index in [1.807, 2.05) is 12.1 Å². The lowest BCUT2D eigenvalue weighted by atomic mass is 9.92. The first-order valence-corrected chi connectivity index (χ1v) is 7.07. The van der Waals surface area contributed by atoms with Crippen molar-refractivity contribution < 1.29 is 4.79 Å². The Morgan fingerprint density at radius 3 is 2.50 bits per heavy atom. The molecule has 1 aliphatic heterocycles. The highest BCUT2D eigenvalue weighted by molar-refractivity contribution is 6.13. The zero-order valence-corrected chi connectivity index (χ0v) is 12.8. The summed E-state index contributed by atoms with van der Waals surface area (Å²) in [6.45, 7) is 10.4. The fourth-order valence-corrected chi connectivity index (χ4v) is 1.97. The lowest BCUT2D eigenvalue weighted by molar-refractivity contribution is -0.117. The highest BCUT2D eigenvalue weighted by atomic mass is 16.2. The molecule has 2 heterocycles. The van der Waals surface area contributed by atoms with Gasteiger partial charge in [-0.1, -0.05) is 34.6 Å². The number of hydrogen-bond acceptors (Lipinski definition) is 4. The van der Waals surface area contributed by atoms with E-state index < -0.39 is 0 Å². The highest BCUT2D eigenvalue weighted by Gasteiger charge is 2.29. The number of hydrogen-bond donors (Lipinski definition) is 0. The SMILES string of the molecule is CCC(C)C1=NN(c2ccc(C(C)(C)C)nn2)C(=O)C1. The van der Waals surface area contributed by atoms with Gasteiger partial charge in [-0.05, 0) is 24.5 Å². The Kier molecular flexibility index (Phi) is 3.88. The second-order valence-corrected chi connectivity index (χ2v) is 6.31. The van der Waals surface area contributed by atoms with E-state index in [4.69, 9.17) is 0 Å². The second kappa shape index (κ2) is 5.31. The largest absolute Gasteiger partial charge is 0.272 e. The smallest absolute Gasteiger partial charge is 0.254 e. The number of carbonyl (C=O) groups excluding carboxylic acids is 1. The fraction of sp³-hybridized carbons (Fsp3) is 0.600. The van der Waals surface area contributed by atoms with Crippen molar-refractivity contribution in [3.63, 3.8) is 0 Å². The maximum Gasteiger partial charge on any atom is 0.254 e. The number of carbonyl (C=O) groups is 1. The second-order valence-electron chi connectivity index (χ2n) is 6.31. The van der Waals surface area contributed by atoms with Crippen LogP contribution in [0.15, 0.2) is 17.2 Å². The normalized spacial score (nSPS) is 17.4. The number of rotatable bonds is 3. The van der Waals surface area contributed by atoms with E-state index in [0.717, 1.165) is 17.8 Å². The monoisotopic (exact) mass is 274 g/mol. The number of nitrogens with zero attached hydrogens (tertiary/aromatic N) is 4. The summed E-state index contributed by atoms with van der Waals surface area (Å²) in [6, 6.07) is 3.72. The summed E-state index contributed by atoms with van der Waals surface area (Å²) in [5, 5.41) is 14.1. The molecule has 5 nitrogen and oxygen atoms in total. The van der Waals surface area contributed by atoms with Crippen LogP contribution in [0.5, 0.6) is 0 Å². The Bertz CT molecular complexity index is 528. The van der Waals surface area contributed by atoms with E-state index in [1.54, 1.807) is 0 Å². The summed E-state index contributed by atoms with van der Waals surface area (Å²) >= 11 is 0. The third-order valence-electron chi connectivity index (χ3n) is 3.61. The summed E-state index contributed by atoms with van der Waals surface area (Å²) in [6.07, 6.45) is 1.37. The first-order chi connectivity index (χ1) is 9.32. The van der Waals surface area contributed by atoms with Crippen LogP contribution in [0.25, 0.3) is 0 Å². The van der Waals surface area contributed by atoms with Gasteiger partial charge in [0.05, 0.1) is 17.8 Å². The lowest BCUT2D eigenvalue weighted by Crippen LogP contribution is -2.22. The van der Waals surface area contributed by atoms with Gasteiger partial charge >= 0.3 is 0 Å². The minimum Gasteiger partial charge on any atom is -0.272 e. The molecule has 5 heteroatoms. The maximum absolute atomic E-state index is 12.0. The summed E-state index contributed by atoms with van der Waals surface area (Å²) in [5.74, 6) is 0.796. The van der Waals surface area contributed by atoms with Crippen molar-refractivity contribution in [3.05, 3.63) is 17.8 Å². The summed E-state index contributed by atoms with van der Waals surface area (Å²) in [7, 11) is 0. The average Bonchev–Trinajstić information content (AvgIpc) is 2.79. The Labute approximate surface area is 120 Å². The molecule has 0 aromatic carbocycles. The molecule has 1 aromatic heterocycles. The zero-order valence-electron chi connectivity index (χ0n) is 12.8. The van der Waals surface area contributed by atoms with Gasteiger partial charge in [-0.25, -0.2) is 0 Å². The van der Waals surface area contributed by atoms with E-state index in [0.29, 0.717) is 18.2 Å². The molecule has 1 aliphatic rings. The molecule has 0 aliphatic carbocycles. The third kappa shape index (κ3) is 2.86. The van der Waals surface area contributed by atoms with Crippen LogP contribution in [-0.4, -0.2) is 21.8 Å². The minimum absolute atomic E-state index is 0.0295. The van der Waals surface area contributed by atoms with E-state index in [9.17, 15) is 4.79 Å². The van der Waals surface area contributed by atoms with Gasteiger partial charge in [0.15, 0.2) is 5.82 Å². The van der Waals surface area contributed by atoms with Crippen molar-refractivity contribution in [1.29, 1.82) is 0 Å².